The molecule has 1 saturated heterocycles. The molecule has 0 radical (unpaired) electrons. The fraction of sp³-hybridized carbons (Fsp3) is 0.417. The van der Waals surface area contributed by atoms with Gasteiger partial charge in [-0.1, -0.05) is 32.0 Å². The Bertz CT molecular complexity index is 1260. The van der Waals surface area contributed by atoms with Crippen LogP contribution < -0.4 is 5.32 Å². The fourth-order valence-electron chi connectivity index (χ4n) is 4.10. The van der Waals surface area contributed by atoms with Crippen LogP contribution in [0.25, 0.3) is 11.0 Å². The lowest BCUT2D eigenvalue weighted by molar-refractivity contribution is -0.116. The van der Waals surface area contributed by atoms with Gasteiger partial charge in [-0.25, -0.2) is 13.4 Å². The average Bonchev–Trinajstić information content (AvgIpc) is 3.13. The van der Waals surface area contributed by atoms with Gasteiger partial charge in [0.05, 0.1) is 29.1 Å². The molecule has 33 heavy (non-hydrogen) atoms. The number of rotatable bonds is 7. The monoisotopic (exact) mass is 470 g/mol. The maximum absolute atomic E-state index is 13.0. The Morgan fingerprint density at radius 2 is 1.88 bits per heavy atom. The van der Waals surface area contributed by atoms with Crippen LogP contribution in [0.5, 0.6) is 0 Å². The lowest BCUT2D eigenvalue weighted by atomic mass is 10.0. The molecule has 1 fully saturated rings. The number of fused-ring (bicyclic) bond motifs is 1. The lowest BCUT2D eigenvalue weighted by Crippen LogP contribution is -2.40. The highest BCUT2D eigenvalue weighted by Gasteiger charge is 2.27. The van der Waals surface area contributed by atoms with E-state index >= 15 is 0 Å². The molecule has 0 spiro atoms. The topological polar surface area (TPSA) is 93.5 Å². The number of nitrogens with one attached hydrogen (secondary N) is 1. The van der Waals surface area contributed by atoms with E-state index in [1.165, 1.54) is 4.31 Å². The Hall–Kier alpha value is -2.75. The molecule has 4 rings (SSSR count). The SMILES string of the molecule is CC(C)c1ccccc1NC(=O)CCc1nc2cc(S(=O)(=O)N3CCOCC3)ccc2n1C. The van der Waals surface area contributed by atoms with E-state index < -0.39 is 10.0 Å². The van der Waals surface area contributed by atoms with Crippen LogP contribution in [0.3, 0.4) is 0 Å². The van der Waals surface area contributed by atoms with Crippen molar-refractivity contribution in [3.8, 4) is 0 Å². The molecule has 1 aromatic heterocycles. The number of amides is 1. The first-order valence-electron chi connectivity index (χ1n) is 11.2. The van der Waals surface area contributed by atoms with Gasteiger partial charge >= 0.3 is 0 Å². The Morgan fingerprint density at radius 3 is 2.61 bits per heavy atom. The van der Waals surface area contributed by atoms with Gasteiger partial charge in [-0.3, -0.25) is 4.79 Å². The highest BCUT2D eigenvalue weighted by atomic mass is 32.2. The molecule has 0 saturated carbocycles. The first-order valence-corrected chi connectivity index (χ1v) is 12.6. The molecular weight excluding hydrogens is 440 g/mol. The summed E-state index contributed by atoms with van der Waals surface area (Å²) in [5, 5.41) is 3.01. The van der Waals surface area contributed by atoms with E-state index in [-0.39, 0.29) is 17.2 Å². The molecule has 176 valence electrons. The molecule has 1 aliphatic rings. The maximum atomic E-state index is 13.0. The highest BCUT2D eigenvalue weighted by molar-refractivity contribution is 7.89. The van der Waals surface area contributed by atoms with Crippen LogP contribution in [-0.4, -0.2) is 54.5 Å². The van der Waals surface area contributed by atoms with Crippen LogP contribution >= 0.6 is 0 Å². The normalized spacial score (nSPS) is 15.3. The van der Waals surface area contributed by atoms with Crippen molar-refractivity contribution in [1.29, 1.82) is 0 Å². The van der Waals surface area contributed by atoms with E-state index in [4.69, 9.17) is 4.74 Å². The van der Waals surface area contributed by atoms with E-state index in [2.05, 4.69) is 24.1 Å². The second-order valence-electron chi connectivity index (χ2n) is 8.54. The molecule has 1 amide bonds. The number of benzene rings is 2. The fourth-order valence-corrected chi connectivity index (χ4v) is 5.53. The van der Waals surface area contributed by atoms with Gasteiger partial charge in [-0.05, 0) is 35.7 Å². The van der Waals surface area contributed by atoms with E-state index in [1.54, 1.807) is 18.2 Å². The molecule has 0 bridgehead atoms. The third-order valence-electron chi connectivity index (χ3n) is 5.99. The first kappa shape index (κ1) is 23.4. The quantitative estimate of drug-likeness (QED) is 0.572. The number of imidazole rings is 1. The van der Waals surface area contributed by atoms with Crippen LogP contribution in [-0.2, 0) is 33.0 Å². The maximum Gasteiger partial charge on any atom is 0.243 e. The number of carbonyl (C=O) groups is 1. The zero-order valence-corrected chi connectivity index (χ0v) is 20.1. The minimum Gasteiger partial charge on any atom is -0.379 e. The number of sulfonamides is 1. The number of hydrogen-bond acceptors (Lipinski definition) is 5. The molecule has 0 unspecified atom stereocenters. The van der Waals surface area contributed by atoms with Gasteiger partial charge in [0.2, 0.25) is 15.9 Å². The summed E-state index contributed by atoms with van der Waals surface area (Å²) in [6.07, 6.45) is 0.731. The van der Waals surface area contributed by atoms with Gasteiger partial charge < -0.3 is 14.6 Å². The van der Waals surface area contributed by atoms with Gasteiger partial charge in [-0.2, -0.15) is 4.31 Å². The van der Waals surface area contributed by atoms with Crippen LogP contribution in [0, 0.1) is 0 Å². The van der Waals surface area contributed by atoms with Crippen LogP contribution in [0.15, 0.2) is 47.4 Å². The summed E-state index contributed by atoms with van der Waals surface area (Å²) in [5.41, 5.74) is 3.37. The first-order chi connectivity index (χ1) is 15.8. The van der Waals surface area contributed by atoms with E-state index in [9.17, 15) is 13.2 Å². The molecule has 9 heteroatoms. The van der Waals surface area contributed by atoms with Gasteiger partial charge in [0, 0.05) is 38.7 Å². The van der Waals surface area contributed by atoms with Crippen LogP contribution in [0.1, 0.15) is 37.6 Å². The van der Waals surface area contributed by atoms with E-state index in [0.717, 1.165) is 22.6 Å². The number of morpholine rings is 1. The summed E-state index contributed by atoms with van der Waals surface area (Å²) in [6, 6.07) is 12.8. The van der Waals surface area contributed by atoms with Crippen molar-refractivity contribution in [2.45, 2.75) is 37.5 Å². The summed E-state index contributed by atoms with van der Waals surface area (Å²) in [7, 11) is -1.71. The van der Waals surface area contributed by atoms with Crippen molar-refractivity contribution in [3.63, 3.8) is 0 Å². The minimum atomic E-state index is -3.59. The lowest BCUT2D eigenvalue weighted by Gasteiger charge is -2.26. The van der Waals surface area contributed by atoms with Gasteiger partial charge in [-0.15, -0.1) is 0 Å². The molecule has 1 aliphatic heterocycles. The van der Waals surface area contributed by atoms with Gasteiger partial charge in [0.1, 0.15) is 5.82 Å². The molecule has 8 nitrogen and oxygen atoms in total. The number of aromatic nitrogens is 2. The predicted octanol–water partition coefficient (Wildman–Crippen LogP) is 3.29. The largest absolute Gasteiger partial charge is 0.379 e. The number of carbonyl (C=O) groups excluding carboxylic acids is 1. The average molecular weight is 471 g/mol. The summed E-state index contributed by atoms with van der Waals surface area (Å²) in [4.78, 5) is 17.5. The Labute approximate surface area is 194 Å². The second-order valence-corrected chi connectivity index (χ2v) is 10.5. The van der Waals surface area contributed by atoms with Crippen LogP contribution in [0.4, 0.5) is 5.69 Å². The molecule has 1 N–H and O–H groups in total. The van der Waals surface area contributed by atoms with Crippen molar-refractivity contribution in [3.05, 3.63) is 53.9 Å². The summed E-state index contributed by atoms with van der Waals surface area (Å²) in [6.45, 7) is 5.69. The Morgan fingerprint density at radius 1 is 1.15 bits per heavy atom. The smallest absolute Gasteiger partial charge is 0.243 e. The summed E-state index contributed by atoms with van der Waals surface area (Å²) >= 11 is 0. The number of anilines is 1. The van der Waals surface area contributed by atoms with E-state index in [0.29, 0.717) is 44.2 Å². The molecular formula is C24H30N4O4S. The second kappa shape index (κ2) is 9.62. The third-order valence-corrected chi connectivity index (χ3v) is 7.88. The standard InChI is InChI=1S/C24H30N4O4S/c1-17(2)19-6-4-5-7-20(19)26-24(29)11-10-23-25-21-16-18(8-9-22(21)27(23)3)33(30,31)28-12-14-32-15-13-28/h4-9,16-17H,10-15H2,1-3H3,(H,26,29). The zero-order valence-electron chi connectivity index (χ0n) is 19.2. The molecule has 3 aromatic rings. The third kappa shape index (κ3) is 4.95. The van der Waals surface area contributed by atoms with Crippen molar-refractivity contribution < 1.29 is 17.9 Å². The van der Waals surface area contributed by atoms with Crippen molar-refractivity contribution in [1.82, 2.24) is 13.9 Å². The summed E-state index contributed by atoms with van der Waals surface area (Å²) in [5.74, 6) is 0.966. The van der Waals surface area contributed by atoms with E-state index in [1.807, 2.05) is 35.9 Å². The Balaban J connectivity index is 1.49. The number of aryl methyl sites for hydroxylation is 2. The highest BCUT2D eigenvalue weighted by Crippen LogP contribution is 2.25. The van der Waals surface area contributed by atoms with Gasteiger partial charge in [0.15, 0.2) is 0 Å². The van der Waals surface area contributed by atoms with Crippen molar-refractivity contribution in [2.24, 2.45) is 7.05 Å². The molecule has 2 heterocycles. The number of nitrogens with zero attached hydrogens (tertiary/aromatic N) is 3. The Kier molecular flexibility index (Phi) is 6.83. The number of para-hydroxylation sites is 1. The molecule has 2 aromatic carbocycles. The number of ether oxygens (including phenoxy) is 1. The van der Waals surface area contributed by atoms with Crippen molar-refractivity contribution >= 4 is 32.7 Å². The summed E-state index contributed by atoms with van der Waals surface area (Å²) < 4.78 is 34.6. The minimum absolute atomic E-state index is 0.0780. The number of hydrogen-bond donors (Lipinski definition) is 1. The zero-order chi connectivity index (χ0) is 23.6. The predicted molar refractivity (Wildman–Crippen MR) is 128 cm³/mol. The van der Waals surface area contributed by atoms with Gasteiger partial charge in [0.25, 0.3) is 0 Å². The van der Waals surface area contributed by atoms with Crippen LogP contribution in [0.2, 0.25) is 0 Å². The molecule has 0 aliphatic carbocycles. The molecule has 0 atom stereocenters. The van der Waals surface area contributed by atoms with Crippen molar-refractivity contribution in [2.75, 3.05) is 31.6 Å².